The molecule has 0 fully saturated rings. The monoisotopic (exact) mass is 218 g/mol. The maximum Gasteiger partial charge on any atom is 0.314 e. The second-order valence-corrected chi connectivity index (χ2v) is 4.01. The van der Waals surface area contributed by atoms with E-state index in [2.05, 4.69) is 6.58 Å². The minimum Gasteiger partial charge on any atom is -0.466 e. The predicted molar refractivity (Wildman–Crippen MR) is 59.5 cm³/mol. The van der Waals surface area contributed by atoms with Crippen LogP contribution in [-0.2, 0) is 14.3 Å². The van der Waals surface area contributed by atoms with Crippen molar-refractivity contribution in [2.24, 2.45) is 17.8 Å². The molecular weight excluding hydrogens is 204 g/mol. The van der Waals surface area contributed by atoms with Crippen LogP contribution < -0.4 is 0 Å². The van der Waals surface area contributed by atoms with E-state index in [1.807, 2.05) is 12.2 Å². The van der Waals surface area contributed by atoms with Gasteiger partial charge in [0.15, 0.2) is 5.78 Å². The zero-order valence-electron chi connectivity index (χ0n) is 9.18. The van der Waals surface area contributed by atoms with Crippen LogP contribution in [0.3, 0.4) is 0 Å². The molecule has 0 saturated heterocycles. The smallest absolute Gasteiger partial charge is 0.314 e. The Morgan fingerprint density at radius 1 is 1.44 bits per heavy atom. The van der Waals surface area contributed by atoms with E-state index in [4.69, 9.17) is 4.74 Å². The van der Waals surface area contributed by atoms with Gasteiger partial charge in [-0.15, -0.1) is 0 Å². The number of fused-ring (bicyclic) bond motifs is 2. The van der Waals surface area contributed by atoms with Crippen LogP contribution >= 0.6 is 0 Å². The van der Waals surface area contributed by atoms with E-state index in [0.717, 1.165) is 0 Å². The summed E-state index contributed by atoms with van der Waals surface area (Å²) in [4.78, 5) is 23.5. The van der Waals surface area contributed by atoms with Crippen molar-refractivity contribution in [3.05, 3.63) is 36.5 Å². The molecule has 0 heterocycles. The number of allylic oxidation sites excluding steroid dienone is 4. The van der Waals surface area contributed by atoms with Crippen LogP contribution in [0.1, 0.15) is 6.92 Å². The number of esters is 1. The van der Waals surface area contributed by atoms with Gasteiger partial charge < -0.3 is 4.74 Å². The van der Waals surface area contributed by atoms with Gasteiger partial charge in [-0.25, -0.2) is 0 Å². The lowest BCUT2D eigenvalue weighted by molar-refractivity contribution is -0.147. The fourth-order valence-corrected chi connectivity index (χ4v) is 2.22. The molecule has 0 aromatic rings. The van der Waals surface area contributed by atoms with Crippen LogP contribution in [0.25, 0.3) is 0 Å². The highest BCUT2D eigenvalue weighted by Crippen LogP contribution is 2.37. The predicted octanol–water partition coefficient (Wildman–Crippen LogP) is 1.66. The molecule has 84 valence electrons. The summed E-state index contributed by atoms with van der Waals surface area (Å²) in [6.07, 6.45) is 7.02. The topological polar surface area (TPSA) is 43.4 Å². The number of ether oxygens (including phenoxy) is 1. The lowest BCUT2D eigenvalue weighted by Gasteiger charge is -2.27. The summed E-state index contributed by atoms with van der Waals surface area (Å²) < 4.78 is 5.02. The van der Waals surface area contributed by atoms with Crippen LogP contribution in [0, 0.1) is 17.8 Å². The number of ketones is 1. The van der Waals surface area contributed by atoms with E-state index in [0.29, 0.717) is 12.2 Å². The Morgan fingerprint density at radius 3 is 2.88 bits per heavy atom. The van der Waals surface area contributed by atoms with Crippen LogP contribution in [0.15, 0.2) is 36.5 Å². The molecule has 0 aromatic carbocycles. The Labute approximate surface area is 94.5 Å². The summed E-state index contributed by atoms with van der Waals surface area (Å²) in [5.74, 6) is -1.14. The highest BCUT2D eigenvalue weighted by Gasteiger charge is 2.39. The quantitative estimate of drug-likeness (QED) is 0.523. The SMILES string of the molecule is C=C1[C@H]2C=C[C@H](C=CC2=O)[C@@H]1C(=O)OCC. The van der Waals surface area contributed by atoms with Gasteiger partial charge in [-0.1, -0.05) is 24.8 Å². The maximum absolute atomic E-state index is 11.8. The summed E-state index contributed by atoms with van der Waals surface area (Å²) in [6, 6.07) is 0. The Morgan fingerprint density at radius 2 is 2.19 bits per heavy atom. The zero-order valence-corrected chi connectivity index (χ0v) is 9.18. The first-order valence-electron chi connectivity index (χ1n) is 5.41. The van der Waals surface area contributed by atoms with Gasteiger partial charge in [-0.3, -0.25) is 9.59 Å². The van der Waals surface area contributed by atoms with Gasteiger partial charge in [0.2, 0.25) is 0 Å². The largest absolute Gasteiger partial charge is 0.466 e. The molecule has 3 rings (SSSR count). The summed E-state index contributed by atoms with van der Waals surface area (Å²) in [5, 5.41) is 0. The van der Waals surface area contributed by atoms with E-state index >= 15 is 0 Å². The molecule has 3 atom stereocenters. The standard InChI is InChI=1S/C13H14O3/c1-3-16-13(15)12-8(2)10-6-4-9(12)5-7-11(10)14/h4-7,9-10,12H,2-3H2,1H3/t9-,10-,12-/m1/s1. The molecular formula is C13H14O3. The molecule has 0 aliphatic heterocycles. The summed E-state index contributed by atoms with van der Waals surface area (Å²) in [6.45, 7) is 6.00. The molecule has 0 N–H and O–H groups in total. The Hall–Kier alpha value is -1.64. The van der Waals surface area contributed by atoms with Gasteiger partial charge in [0.1, 0.15) is 0 Å². The van der Waals surface area contributed by atoms with Gasteiger partial charge >= 0.3 is 5.97 Å². The molecule has 0 unspecified atom stereocenters. The van der Waals surface area contributed by atoms with Crippen molar-refractivity contribution in [1.82, 2.24) is 0 Å². The van der Waals surface area contributed by atoms with Gasteiger partial charge in [0.25, 0.3) is 0 Å². The Bertz CT molecular complexity index is 403. The molecule has 16 heavy (non-hydrogen) atoms. The van der Waals surface area contributed by atoms with Crippen LogP contribution in [-0.4, -0.2) is 18.4 Å². The third-order valence-electron chi connectivity index (χ3n) is 3.04. The number of hydrogen-bond acceptors (Lipinski definition) is 3. The minimum absolute atomic E-state index is 0.00412. The molecule has 0 saturated carbocycles. The van der Waals surface area contributed by atoms with Crippen molar-refractivity contribution < 1.29 is 14.3 Å². The number of carbonyl (C=O) groups excluding carboxylic acids is 2. The molecule has 2 bridgehead atoms. The van der Waals surface area contributed by atoms with Gasteiger partial charge in [-0.2, -0.15) is 0 Å². The molecule has 0 spiro atoms. The van der Waals surface area contributed by atoms with Crippen molar-refractivity contribution in [2.75, 3.05) is 6.61 Å². The lowest BCUT2D eigenvalue weighted by atomic mass is 9.76. The van der Waals surface area contributed by atoms with E-state index < -0.39 is 5.92 Å². The number of hydrogen-bond donors (Lipinski definition) is 0. The second-order valence-electron chi connectivity index (χ2n) is 4.01. The molecule has 0 amide bonds. The first-order valence-corrected chi connectivity index (χ1v) is 5.41. The minimum atomic E-state index is -0.405. The first kappa shape index (κ1) is 10.9. The number of carbonyl (C=O) groups is 2. The van der Waals surface area contributed by atoms with E-state index in [1.165, 1.54) is 0 Å². The average molecular weight is 218 g/mol. The lowest BCUT2D eigenvalue weighted by Crippen LogP contribution is -2.31. The second kappa shape index (κ2) is 4.08. The van der Waals surface area contributed by atoms with Crippen molar-refractivity contribution in [3.8, 4) is 0 Å². The van der Waals surface area contributed by atoms with E-state index in [-0.39, 0.29) is 23.6 Å². The highest BCUT2D eigenvalue weighted by atomic mass is 16.5. The molecule has 3 aliphatic rings. The normalized spacial score (nSPS) is 31.7. The average Bonchev–Trinajstić information content (AvgIpc) is 2.48. The van der Waals surface area contributed by atoms with Gasteiger partial charge in [0, 0.05) is 5.92 Å². The summed E-state index contributed by atoms with van der Waals surface area (Å²) in [5.41, 5.74) is 0.654. The third kappa shape index (κ3) is 1.62. The molecule has 3 nitrogen and oxygen atoms in total. The fourth-order valence-electron chi connectivity index (χ4n) is 2.22. The third-order valence-corrected chi connectivity index (χ3v) is 3.04. The molecule has 3 heteroatoms. The highest BCUT2D eigenvalue weighted by molar-refractivity contribution is 5.98. The Balaban J connectivity index is 2.32. The van der Waals surface area contributed by atoms with Crippen LogP contribution in [0.5, 0.6) is 0 Å². The molecule has 3 aliphatic carbocycles. The van der Waals surface area contributed by atoms with E-state index in [9.17, 15) is 9.59 Å². The van der Waals surface area contributed by atoms with Gasteiger partial charge in [-0.05, 0) is 18.6 Å². The number of rotatable bonds is 2. The van der Waals surface area contributed by atoms with Crippen LogP contribution in [0.4, 0.5) is 0 Å². The van der Waals surface area contributed by atoms with Crippen molar-refractivity contribution in [2.45, 2.75) is 6.92 Å². The fraction of sp³-hybridized carbons (Fsp3) is 0.385. The summed E-state index contributed by atoms with van der Waals surface area (Å²) >= 11 is 0. The van der Waals surface area contributed by atoms with Crippen molar-refractivity contribution >= 4 is 11.8 Å². The zero-order chi connectivity index (χ0) is 11.7. The van der Waals surface area contributed by atoms with Crippen LogP contribution in [0.2, 0.25) is 0 Å². The van der Waals surface area contributed by atoms with E-state index in [1.54, 1.807) is 19.1 Å². The van der Waals surface area contributed by atoms with Gasteiger partial charge in [0.05, 0.1) is 18.4 Å². The summed E-state index contributed by atoms with van der Waals surface area (Å²) in [7, 11) is 0. The van der Waals surface area contributed by atoms with Crippen molar-refractivity contribution in [1.29, 1.82) is 0 Å². The van der Waals surface area contributed by atoms with Crippen molar-refractivity contribution in [3.63, 3.8) is 0 Å². The first-order chi connectivity index (χ1) is 7.65. The molecule has 0 aromatic heterocycles. The Kier molecular flexibility index (Phi) is 2.77. The molecule has 0 radical (unpaired) electrons. The maximum atomic E-state index is 11.8.